The maximum Gasteiger partial charge on any atom is 1.00 e. The molecule has 1 atom stereocenters. The standard InChI is InChI=1S/C22H24N2O6.Na/c25-20(26)14-24(22(28)30-16-18-9-5-2-6-10-18)19-11-12-23(13-19)21(27)29-15-17-7-3-1-4-8-17;/h1-10,19H,11-16H2,(H,25,26);/q;+1/p-1. The predicted octanol–water partition coefficient (Wildman–Crippen LogP) is -1.21. The van der Waals surface area contributed by atoms with Crippen molar-refractivity contribution in [2.24, 2.45) is 0 Å². The molecule has 1 aliphatic rings. The normalized spacial score (nSPS) is 15.0. The van der Waals surface area contributed by atoms with Crippen LogP contribution in [0.4, 0.5) is 9.59 Å². The first-order valence-corrected chi connectivity index (χ1v) is 9.65. The summed E-state index contributed by atoms with van der Waals surface area (Å²) in [5.74, 6) is -1.39. The van der Waals surface area contributed by atoms with Gasteiger partial charge in [0.2, 0.25) is 0 Å². The minimum Gasteiger partial charge on any atom is -0.548 e. The molecule has 2 amide bonds. The van der Waals surface area contributed by atoms with Crippen molar-refractivity contribution in [2.75, 3.05) is 19.6 Å². The van der Waals surface area contributed by atoms with Crippen LogP contribution in [0.15, 0.2) is 60.7 Å². The summed E-state index contributed by atoms with van der Waals surface area (Å²) in [4.78, 5) is 38.5. The van der Waals surface area contributed by atoms with E-state index < -0.39 is 30.7 Å². The Hall–Kier alpha value is -2.55. The van der Waals surface area contributed by atoms with Crippen molar-refractivity contribution in [3.8, 4) is 0 Å². The number of carboxylic acids is 1. The fraction of sp³-hybridized carbons (Fsp3) is 0.318. The van der Waals surface area contributed by atoms with E-state index in [0.29, 0.717) is 13.0 Å². The molecular weight excluding hydrogens is 411 g/mol. The molecule has 0 spiro atoms. The zero-order chi connectivity index (χ0) is 21.3. The molecule has 0 N–H and O–H groups in total. The molecule has 0 aliphatic carbocycles. The van der Waals surface area contributed by atoms with Gasteiger partial charge in [-0.05, 0) is 17.5 Å². The third-order valence-corrected chi connectivity index (χ3v) is 4.81. The molecule has 1 unspecified atom stereocenters. The van der Waals surface area contributed by atoms with E-state index in [2.05, 4.69) is 0 Å². The Morgan fingerprint density at radius 2 is 1.48 bits per heavy atom. The molecule has 0 saturated carbocycles. The van der Waals surface area contributed by atoms with Gasteiger partial charge in [-0.25, -0.2) is 9.59 Å². The summed E-state index contributed by atoms with van der Waals surface area (Å²) in [6.07, 6.45) is -0.839. The summed E-state index contributed by atoms with van der Waals surface area (Å²) < 4.78 is 10.6. The Bertz CT molecular complexity index is 865. The number of ether oxygens (including phenoxy) is 2. The third kappa shape index (κ3) is 7.57. The number of likely N-dealkylation sites (tertiary alicyclic amines) is 1. The number of hydrogen-bond donors (Lipinski definition) is 0. The van der Waals surface area contributed by atoms with Crippen LogP contribution in [-0.2, 0) is 27.5 Å². The SMILES string of the molecule is O=C([O-])CN(C(=O)OCc1ccccc1)C1CCN(C(=O)OCc2ccccc2)C1.[Na+]. The predicted molar refractivity (Wildman–Crippen MR) is 105 cm³/mol. The molecule has 1 heterocycles. The first-order chi connectivity index (χ1) is 14.5. The van der Waals surface area contributed by atoms with Gasteiger partial charge in [-0.3, -0.25) is 4.90 Å². The number of carbonyl (C=O) groups is 3. The minimum absolute atomic E-state index is 0. The van der Waals surface area contributed by atoms with Gasteiger partial charge >= 0.3 is 41.7 Å². The Morgan fingerprint density at radius 3 is 2.03 bits per heavy atom. The molecule has 1 fully saturated rings. The van der Waals surface area contributed by atoms with Crippen molar-refractivity contribution in [1.82, 2.24) is 9.80 Å². The molecule has 3 rings (SSSR count). The molecule has 1 aliphatic heterocycles. The van der Waals surface area contributed by atoms with E-state index in [4.69, 9.17) is 9.47 Å². The van der Waals surface area contributed by atoms with E-state index in [9.17, 15) is 19.5 Å². The molecule has 2 aromatic carbocycles. The maximum absolute atomic E-state index is 12.5. The van der Waals surface area contributed by atoms with Crippen LogP contribution in [-0.4, -0.2) is 53.6 Å². The van der Waals surface area contributed by atoms with Gasteiger partial charge in [-0.1, -0.05) is 60.7 Å². The second-order valence-corrected chi connectivity index (χ2v) is 6.97. The largest absolute Gasteiger partial charge is 1.00 e. The summed E-state index contributed by atoms with van der Waals surface area (Å²) in [6, 6.07) is 17.9. The third-order valence-electron chi connectivity index (χ3n) is 4.81. The number of benzene rings is 2. The van der Waals surface area contributed by atoms with Crippen LogP contribution in [0.25, 0.3) is 0 Å². The van der Waals surface area contributed by atoms with Crippen LogP contribution in [0.1, 0.15) is 17.5 Å². The van der Waals surface area contributed by atoms with E-state index in [1.807, 2.05) is 48.5 Å². The smallest absolute Gasteiger partial charge is 0.548 e. The van der Waals surface area contributed by atoms with Crippen molar-refractivity contribution < 1.29 is 58.5 Å². The van der Waals surface area contributed by atoms with E-state index in [1.165, 1.54) is 4.90 Å². The van der Waals surface area contributed by atoms with Gasteiger partial charge in [0, 0.05) is 13.1 Å². The zero-order valence-corrected chi connectivity index (χ0v) is 19.4. The van der Waals surface area contributed by atoms with Crippen LogP contribution < -0.4 is 34.7 Å². The number of carboxylic acid groups (broad SMARTS) is 1. The van der Waals surface area contributed by atoms with Gasteiger partial charge in [0.05, 0.1) is 18.6 Å². The first kappa shape index (κ1) is 24.7. The minimum atomic E-state index is -1.39. The second kappa shape index (κ2) is 12.3. The molecule has 0 bridgehead atoms. The van der Waals surface area contributed by atoms with E-state index in [0.717, 1.165) is 16.0 Å². The molecule has 8 nitrogen and oxygen atoms in total. The quantitative estimate of drug-likeness (QED) is 0.507. The van der Waals surface area contributed by atoms with Crippen molar-refractivity contribution in [2.45, 2.75) is 25.7 Å². The van der Waals surface area contributed by atoms with Crippen LogP contribution in [0.2, 0.25) is 0 Å². The molecule has 1 saturated heterocycles. The molecule has 9 heteroatoms. The molecule has 0 radical (unpaired) electrons. The van der Waals surface area contributed by atoms with Crippen molar-refractivity contribution in [3.63, 3.8) is 0 Å². The van der Waals surface area contributed by atoms with E-state index in [1.54, 1.807) is 12.1 Å². The first-order valence-electron chi connectivity index (χ1n) is 9.65. The van der Waals surface area contributed by atoms with Crippen molar-refractivity contribution >= 4 is 18.2 Å². The topological polar surface area (TPSA) is 99.2 Å². The second-order valence-electron chi connectivity index (χ2n) is 6.97. The van der Waals surface area contributed by atoms with E-state index in [-0.39, 0.29) is 49.3 Å². The van der Waals surface area contributed by atoms with Crippen LogP contribution >= 0.6 is 0 Å². The van der Waals surface area contributed by atoms with Crippen LogP contribution in [0.5, 0.6) is 0 Å². The van der Waals surface area contributed by atoms with Crippen molar-refractivity contribution in [3.05, 3.63) is 71.8 Å². The molecule has 0 aromatic heterocycles. The Morgan fingerprint density at radius 1 is 0.935 bits per heavy atom. The Kier molecular flexibility index (Phi) is 9.84. The Labute approximate surface area is 203 Å². The van der Waals surface area contributed by atoms with Gasteiger partial charge < -0.3 is 24.3 Å². The van der Waals surface area contributed by atoms with Gasteiger partial charge in [-0.15, -0.1) is 0 Å². The Balaban J connectivity index is 0.00000341. The number of nitrogens with zero attached hydrogens (tertiary/aromatic N) is 2. The number of aliphatic carboxylic acids is 1. The fourth-order valence-corrected chi connectivity index (χ4v) is 3.26. The van der Waals surface area contributed by atoms with Crippen LogP contribution in [0, 0.1) is 0 Å². The maximum atomic E-state index is 12.5. The molecule has 2 aromatic rings. The summed E-state index contributed by atoms with van der Waals surface area (Å²) in [5.41, 5.74) is 1.65. The molecule has 31 heavy (non-hydrogen) atoms. The number of carbonyl (C=O) groups excluding carboxylic acids is 3. The number of amides is 2. The van der Waals surface area contributed by atoms with Gasteiger partial charge in [0.1, 0.15) is 13.2 Å². The summed E-state index contributed by atoms with van der Waals surface area (Å²) in [6.45, 7) is 0.0851. The number of hydrogen-bond acceptors (Lipinski definition) is 6. The monoisotopic (exact) mass is 434 g/mol. The van der Waals surface area contributed by atoms with Crippen LogP contribution in [0.3, 0.4) is 0 Å². The zero-order valence-electron chi connectivity index (χ0n) is 17.4. The van der Waals surface area contributed by atoms with E-state index >= 15 is 0 Å². The average Bonchev–Trinajstić information content (AvgIpc) is 3.25. The van der Waals surface area contributed by atoms with Gasteiger partial charge in [-0.2, -0.15) is 0 Å². The van der Waals surface area contributed by atoms with Gasteiger partial charge in [0.25, 0.3) is 0 Å². The van der Waals surface area contributed by atoms with Gasteiger partial charge in [0.15, 0.2) is 0 Å². The summed E-state index contributed by atoms with van der Waals surface area (Å²) in [7, 11) is 0. The molecule has 158 valence electrons. The summed E-state index contributed by atoms with van der Waals surface area (Å²) >= 11 is 0. The average molecular weight is 434 g/mol. The summed E-state index contributed by atoms with van der Waals surface area (Å²) in [5, 5.41) is 11.2. The fourth-order valence-electron chi connectivity index (χ4n) is 3.26. The van der Waals surface area contributed by atoms with Crippen molar-refractivity contribution in [1.29, 1.82) is 0 Å². The number of rotatable bonds is 7. The molecular formula is C22H23N2NaO6.